The number of aliphatic hydroxyl groups excluding tert-OH is 1. The smallest absolute Gasteiger partial charge is 0.243 e. The molecule has 0 aliphatic heterocycles. The zero-order chi connectivity index (χ0) is 14.1. The number of nitrogens with one attached hydrogen (secondary N) is 1. The number of carbonyl (C=O) groups is 1. The van der Waals surface area contributed by atoms with Gasteiger partial charge in [0.15, 0.2) is 0 Å². The molecule has 0 radical (unpaired) electrons. The fourth-order valence-corrected chi connectivity index (χ4v) is 1.52. The second-order valence-electron chi connectivity index (χ2n) is 4.02. The fourth-order valence-electron chi connectivity index (χ4n) is 1.52. The van der Waals surface area contributed by atoms with Gasteiger partial charge in [0.1, 0.15) is 12.4 Å². The topological polar surface area (TPSA) is 93.8 Å². The molecule has 106 valence electrons. The van der Waals surface area contributed by atoms with Gasteiger partial charge in [-0.05, 0) is 17.7 Å². The Balaban J connectivity index is 2.23. The Kier molecular flexibility index (Phi) is 6.88. The Morgan fingerprint density at radius 1 is 1.53 bits per heavy atom. The number of amides is 1. The highest BCUT2D eigenvalue weighted by molar-refractivity contribution is 5.74. The molecule has 0 aromatic heterocycles. The van der Waals surface area contributed by atoms with Crippen LogP contribution in [0.2, 0.25) is 0 Å². The van der Waals surface area contributed by atoms with Gasteiger partial charge >= 0.3 is 0 Å². The van der Waals surface area contributed by atoms with E-state index in [9.17, 15) is 9.90 Å². The minimum atomic E-state index is -0.619. The zero-order valence-electron chi connectivity index (χ0n) is 11.0. The van der Waals surface area contributed by atoms with Crippen molar-refractivity contribution in [3.05, 3.63) is 29.8 Å². The maximum absolute atomic E-state index is 10.4. The molecule has 0 saturated carbocycles. The van der Waals surface area contributed by atoms with Gasteiger partial charge < -0.3 is 25.6 Å². The molecule has 1 amide bonds. The predicted molar refractivity (Wildman–Crippen MR) is 70.8 cm³/mol. The molecule has 1 aromatic carbocycles. The van der Waals surface area contributed by atoms with Crippen LogP contribution in [0.1, 0.15) is 11.7 Å². The first kappa shape index (κ1) is 15.4. The number of hydrogen-bond acceptors (Lipinski definition) is 5. The summed E-state index contributed by atoms with van der Waals surface area (Å²) >= 11 is 0. The summed E-state index contributed by atoms with van der Waals surface area (Å²) in [7, 11) is 1.58. The lowest BCUT2D eigenvalue weighted by atomic mass is 10.1. The maximum atomic E-state index is 10.4. The molecule has 0 fully saturated rings. The van der Waals surface area contributed by atoms with E-state index in [4.69, 9.17) is 15.2 Å². The first-order valence-corrected chi connectivity index (χ1v) is 6.02. The Hall–Kier alpha value is -1.63. The van der Waals surface area contributed by atoms with E-state index in [0.717, 1.165) is 5.56 Å². The number of primary amides is 1. The molecule has 1 unspecified atom stereocenters. The molecule has 1 atom stereocenters. The van der Waals surface area contributed by atoms with Crippen LogP contribution >= 0.6 is 0 Å². The minimum absolute atomic E-state index is 0.0832. The van der Waals surface area contributed by atoms with Crippen LogP contribution in [0.4, 0.5) is 0 Å². The van der Waals surface area contributed by atoms with Crippen LogP contribution < -0.4 is 15.8 Å². The Bertz CT molecular complexity index is 398. The van der Waals surface area contributed by atoms with Gasteiger partial charge in [-0.15, -0.1) is 0 Å². The van der Waals surface area contributed by atoms with Gasteiger partial charge in [-0.25, -0.2) is 0 Å². The normalized spacial score (nSPS) is 12.1. The van der Waals surface area contributed by atoms with Gasteiger partial charge in [0.2, 0.25) is 5.91 Å². The van der Waals surface area contributed by atoms with Gasteiger partial charge in [0.25, 0.3) is 0 Å². The van der Waals surface area contributed by atoms with Crippen molar-refractivity contribution in [1.29, 1.82) is 0 Å². The van der Waals surface area contributed by atoms with E-state index in [1.807, 2.05) is 18.2 Å². The van der Waals surface area contributed by atoms with Crippen molar-refractivity contribution in [2.24, 2.45) is 5.73 Å². The van der Waals surface area contributed by atoms with Crippen molar-refractivity contribution in [3.63, 3.8) is 0 Å². The number of carbonyl (C=O) groups excluding carboxylic acids is 1. The number of rotatable bonds is 9. The van der Waals surface area contributed by atoms with Gasteiger partial charge in [-0.2, -0.15) is 0 Å². The van der Waals surface area contributed by atoms with Crippen molar-refractivity contribution in [2.75, 3.05) is 33.4 Å². The number of hydrogen-bond donors (Lipinski definition) is 3. The molecule has 1 rings (SSSR count). The summed E-state index contributed by atoms with van der Waals surface area (Å²) < 4.78 is 10.1. The van der Waals surface area contributed by atoms with Crippen molar-refractivity contribution >= 4 is 5.91 Å². The van der Waals surface area contributed by atoms with Crippen molar-refractivity contribution in [1.82, 2.24) is 5.32 Å². The van der Waals surface area contributed by atoms with E-state index in [0.29, 0.717) is 25.4 Å². The van der Waals surface area contributed by atoms with Gasteiger partial charge in [-0.3, -0.25) is 4.79 Å². The third-order valence-electron chi connectivity index (χ3n) is 2.48. The van der Waals surface area contributed by atoms with E-state index in [-0.39, 0.29) is 6.61 Å². The average molecular weight is 268 g/mol. The molecule has 4 N–H and O–H groups in total. The molecule has 0 heterocycles. The standard InChI is InChI=1S/C13H20N2O4/c1-18-11-4-2-3-10(7-11)12(16)8-15-5-6-19-9-13(14)17/h2-4,7,12,15-16H,5-6,8-9H2,1H3,(H2,14,17). The van der Waals surface area contributed by atoms with Gasteiger partial charge in [0.05, 0.1) is 19.8 Å². The summed E-state index contributed by atoms with van der Waals surface area (Å²) in [6, 6.07) is 7.27. The molecule has 6 heteroatoms. The minimum Gasteiger partial charge on any atom is -0.497 e. The monoisotopic (exact) mass is 268 g/mol. The Morgan fingerprint density at radius 2 is 2.32 bits per heavy atom. The highest BCUT2D eigenvalue weighted by Gasteiger charge is 2.07. The summed E-state index contributed by atoms with van der Waals surface area (Å²) in [4.78, 5) is 10.4. The van der Waals surface area contributed by atoms with Crippen LogP contribution in [0, 0.1) is 0 Å². The molecular formula is C13H20N2O4. The zero-order valence-corrected chi connectivity index (χ0v) is 11.0. The second-order valence-corrected chi connectivity index (χ2v) is 4.02. The second kappa shape index (κ2) is 8.47. The van der Waals surface area contributed by atoms with Crippen LogP contribution in [0.3, 0.4) is 0 Å². The van der Waals surface area contributed by atoms with Crippen molar-refractivity contribution in [2.45, 2.75) is 6.10 Å². The summed E-state index contributed by atoms with van der Waals surface area (Å²) in [6.07, 6.45) is -0.619. The molecule has 0 bridgehead atoms. The van der Waals surface area contributed by atoms with Crippen molar-refractivity contribution < 1.29 is 19.4 Å². The first-order valence-electron chi connectivity index (χ1n) is 6.02. The van der Waals surface area contributed by atoms with Crippen LogP contribution in [0.5, 0.6) is 5.75 Å². The Morgan fingerprint density at radius 3 is 3.00 bits per heavy atom. The molecule has 0 aliphatic rings. The van der Waals surface area contributed by atoms with Crippen LogP contribution in [0.25, 0.3) is 0 Å². The van der Waals surface area contributed by atoms with E-state index in [1.54, 1.807) is 13.2 Å². The number of aliphatic hydroxyl groups is 1. The first-order chi connectivity index (χ1) is 9.13. The summed E-state index contributed by atoms with van der Waals surface area (Å²) in [5, 5.41) is 13.0. The highest BCUT2D eigenvalue weighted by Crippen LogP contribution is 2.18. The molecule has 0 spiro atoms. The molecule has 6 nitrogen and oxygen atoms in total. The van der Waals surface area contributed by atoms with Gasteiger partial charge in [-0.1, -0.05) is 12.1 Å². The molecule has 0 aliphatic carbocycles. The van der Waals surface area contributed by atoms with Crippen molar-refractivity contribution in [3.8, 4) is 5.75 Å². The maximum Gasteiger partial charge on any atom is 0.243 e. The number of methoxy groups -OCH3 is 1. The SMILES string of the molecule is COc1cccc(C(O)CNCCOCC(N)=O)c1. The summed E-state index contributed by atoms with van der Waals surface area (Å²) in [5.41, 5.74) is 5.70. The van der Waals surface area contributed by atoms with E-state index in [2.05, 4.69) is 5.32 Å². The lowest BCUT2D eigenvalue weighted by molar-refractivity contribution is -0.122. The Labute approximate surface area is 112 Å². The van der Waals surface area contributed by atoms with Crippen LogP contribution in [-0.2, 0) is 9.53 Å². The number of ether oxygens (including phenoxy) is 2. The highest BCUT2D eigenvalue weighted by atomic mass is 16.5. The third-order valence-corrected chi connectivity index (χ3v) is 2.48. The lowest BCUT2D eigenvalue weighted by Crippen LogP contribution is -2.27. The van der Waals surface area contributed by atoms with E-state index in [1.165, 1.54) is 0 Å². The molecule has 1 aromatic rings. The van der Waals surface area contributed by atoms with E-state index < -0.39 is 12.0 Å². The summed E-state index contributed by atoms with van der Waals surface area (Å²) in [6.45, 7) is 1.22. The third kappa shape index (κ3) is 6.19. The molecular weight excluding hydrogens is 248 g/mol. The predicted octanol–water partition coefficient (Wildman–Crippen LogP) is -0.180. The average Bonchev–Trinajstić information content (AvgIpc) is 2.42. The van der Waals surface area contributed by atoms with E-state index >= 15 is 0 Å². The lowest BCUT2D eigenvalue weighted by Gasteiger charge is -2.13. The number of nitrogens with two attached hydrogens (primary N) is 1. The quantitative estimate of drug-likeness (QED) is 0.540. The van der Waals surface area contributed by atoms with Crippen LogP contribution in [-0.4, -0.2) is 44.4 Å². The number of benzene rings is 1. The molecule has 0 saturated heterocycles. The van der Waals surface area contributed by atoms with Crippen LogP contribution in [0.15, 0.2) is 24.3 Å². The van der Waals surface area contributed by atoms with Gasteiger partial charge in [0, 0.05) is 13.1 Å². The largest absolute Gasteiger partial charge is 0.497 e. The fraction of sp³-hybridized carbons (Fsp3) is 0.462. The molecule has 19 heavy (non-hydrogen) atoms. The summed E-state index contributed by atoms with van der Waals surface area (Å²) in [5.74, 6) is 0.220.